The van der Waals surface area contributed by atoms with Crippen LogP contribution in [0.15, 0.2) is 53.4 Å². The SMILES string of the molecule is CCC(C#N)Oc1cccc(CNS(=O)(=O)c2ccc(OC(F)(F)F)cc2)c1. The summed E-state index contributed by atoms with van der Waals surface area (Å²) in [6, 6.07) is 12.5. The molecule has 0 aromatic heterocycles. The fourth-order valence-electron chi connectivity index (χ4n) is 2.18. The van der Waals surface area contributed by atoms with Crippen molar-refractivity contribution < 1.29 is 31.1 Å². The van der Waals surface area contributed by atoms with E-state index in [1.807, 2.05) is 6.07 Å². The Morgan fingerprint density at radius 2 is 1.82 bits per heavy atom. The predicted octanol–water partition coefficient (Wildman–Crippen LogP) is 3.74. The zero-order valence-corrected chi connectivity index (χ0v) is 15.5. The molecule has 2 rings (SSSR count). The monoisotopic (exact) mass is 414 g/mol. The lowest BCUT2D eigenvalue weighted by molar-refractivity contribution is -0.274. The summed E-state index contributed by atoms with van der Waals surface area (Å²) in [7, 11) is -3.94. The van der Waals surface area contributed by atoms with Gasteiger partial charge in [0.2, 0.25) is 10.0 Å². The number of ether oxygens (including phenoxy) is 2. The molecule has 0 saturated carbocycles. The molecule has 0 amide bonds. The molecule has 0 spiro atoms. The highest BCUT2D eigenvalue weighted by Gasteiger charge is 2.31. The van der Waals surface area contributed by atoms with Gasteiger partial charge in [0.05, 0.1) is 4.90 Å². The van der Waals surface area contributed by atoms with Crippen molar-refractivity contribution in [3.05, 3.63) is 54.1 Å². The van der Waals surface area contributed by atoms with E-state index in [1.54, 1.807) is 31.2 Å². The van der Waals surface area contributed by atoms with Crippen LogP contribution in [-0.2, 0) is 16.6 Å². The minimum absolute atomic E-state index is 0.0658. The van der Waals surface area contributed by atoms with Crippen molar-refractivity contribution in [3.63, 3.8) is 0 Å². The molecule has 0 aliphatic rings. The van der Waals surface area contributed by atoms with Gasteiger partial charge in [-0.2, -0.15) is 5.26 Å². The second-order valence-corrected chi connectivity index (χ2v) is 7.40. The van der Waals surface area contributed by atoms with Crippen molar-refractivity contribution >= 4 is 10.0 Å². The van der Waals surface area contributed by atoms with E-state index in [1.165, 1.54) is 0 Å². The Labute approximate surface area is 160 Å². The van der Waals surface area contributed by atoms with Crippen molar-refractivity contribution in [2.45, 2.75) is 37.3 Å². The summed E-state index contributed by atoms with van der Waals surface area (Å²) in [5, 5.41) is 8.94. The third-order valence-corrected chi connectivity index (χ3v) is 4.94. The van der Waals surface area contributed by atoms with Gasteiger partial charge in [-0.05, 0) is 48.4 Å². The third-order valence-electron chi connectivity index (χ3n) is 3.53. The summed E-state index contributed by atoms with van der Waals surface area (Å²) in [5.41, 5.74) is 0.589. The van der Waals surface area contributed by atoms with E-state index < -0.39 is 28.2 Å². The number of benzene rings is 2. The first-order valence-electron chi connectivity index (χ1n) is 8.13. The molecule has 2 aromatic rings. The Bertz CT molecular complexity index is 939. The van der Waals surface area contributed by atoms with E-state index in [4.69, 9.17) is 10.00 Å². The van der Waals surface area contributed by atoms with E-state index in [0.717, 1.165) is 24.3 Å². The Morgan fingerprint density at radius 3 is 2.39 bits per heavy atom. The summed E-state index contributed by atoms with van der Waals surface area (Å²) in [6.45, 7) is 1.74. The fourth-order valence-corrected chi connectivity index (χ4v) is 3.19. The van der Waals surface area contributed by atoms with Crippen molar-refractivity contribution in [2.24, 2.45) is 0 Å². The van der Waals surface area contributed by atoms with Gasteiger partial charge in [0.15, 0.2) is 6.10 Å². The smallest absolute Gasteiger partial charge is 0.476 e. The van der Waals surface area contributed by atoms with Crippen LogP contribution in [0.4, 0.5) is 13.2 Å². The lowest BCUT2D eigenvalue weighted by Crippen LogP contribution is -2.23. The average Bonchev–Trinajstić information content (AvgIpc) is 2.64. The van der Waals surface area contributed by atoms with Crippen molar-refractivity contribution in [1.82, 2.24) is 4.72 Å². The van der Waals surface area contributed by atoms with Crippen LogP contribution < -0.4 is 14.2 Å². The number of nitriles is 1. The van der Waals surface area contributed by atoms with Gasteiger partial charge < -0.3 is 9.47 Å². The van der Waals surface area contributed by atoms with E-state index in [2.05, 4.69) is 9.46 Å². The van der Waals surface area contributed by atoms with Crippen molar-refractivity contribution in [2.75, 3.05) is 0 Å². The highest BCUT2D eigenvalue weighted by Crippen LogP contribution is 2.24. The first kappa shape index (κ1) is 21.5. The Hall–Kier alpha value is -2.77. The largest absolute Gasteiger partial charge is 0.573 e. The van der Waals surface area contributed by atoms with Gasteiger partial charge in [-0.3, -0.25) is 0 Å². The Kier molecular flexibility index (Phi) is 6.88. The van der Waals surface area contributed by atoms with Gasteiger partial charge >= 0.3 is 6.36 Å². The van der Waals surface area contributed by atoms with Gasteiger partial charge in [-0.15, -0.1) is 13.2 Å². The van der Waals surface area contributed by atoms with Gasteiger partial charge in [0, 0.05) is 6.54 Å². The maximum absolute atomic E-state index is 12.3. The predicted molar refractivity (Wildman–Crippen MR) is 93.9 cm³/mol. The fraction of sp³-hybridized carbons (Fsp3) is 0.278. The number of rotatable bonds is 8. The van der Waals surface area contributed by atoms with Crippen LogP contribution >= 0.6 is 0 Å². The number of halogens is 3. The lowest BCUT2D eigenvalue weighted by atomic mass is 10.2. The minimum atomic E-state index is -4.85. The number of nitrogens with one attached hydrogen (secondary N) is 1. The summed E-state index contributed by atoms with van der Waals surface area (Å²) in [6.07, 6.45) is -4.96. The second-order valence-electron chi connectivity index (χ2n) is 5.64. The molecule has 0 heterocycles. The highest BCUT2D eigenvalue weighted by molar-refractivity contribution is 7.89. The normalized spacial score (nSPS) is 12.8. The first-order valence-corrected chi connectivity index (χ1v) is 9.62. The lowest BCUT2D eigenvalue weighted by Gasteiger charge is -2.12. The molecule has 28 heavy (non-hydrogen) atoms. The first-order chi connectivity index (χ1) is 13.1. The van der Waals surface area contributed by atoms with Crippen LogP contribution in [0.5, 0.6) is 11.5 Å². The Morgan fingerprint density at radius 1 is 1.14 bits per heavy atom. The molecule has 1 atom stereocenters. The summed E-state index contributed by atoms with van der Waals surface area (Å²) >= 11 is 0. The third kappa shape index (κ3) is 6.44. The molecule has 2 aromatic carbocycles. The van der Waals surface area contributed by atoms with Gasteiger partial charge in [-0.25, -0.2) is 13.1 Å². The maximum atomic E-state index is 12.3. The topological polar surface area (TPSA) is 88.4 Å². The highest BCUT2D eigenvalue weighted by atomic mass is 32.2. The molecule has 0 aliphatic heterocycles. The summed E-state index contributed by atoms with van der Waals surface area (Å²) in [4.78, 5) is -0.204. The molecule has 1 unspecified atom stereocenters. The average molecular weight is 414 g/mol. The molecular weight excluding hydrogens is 397 g/mol. The molecule has 0 radical (unpaired) electrons. The summed E-state index contributed by atoms with van der Waals surface area (Å²) in [5.74, 6) is -0.0852. The van der Waals surface area contributed by atoms with Crippen molar-refractivity contribution in [1.29, 1.82) is 5.26 Å². The molecule has 0 saturated heterocycles. The number of hydrogen-bond acceptors (Lipinski definition) is 5. The maximum Gasteiger partial charge on any atom is 0.573 e. The van der Waals surface area contributed by atoms with E-state index in [0.29, 0.717) is 17.7 Å². The molecule has 0 bridgehead atoms. The molecular formula is C18H17F3N2O4S. The standard InChI is InChI=1S/C18H17F3N2O4S/c1-2-14(11-22)26-16-5-3-4-13(10-16)12-23-28(24,25)17-8-6-15(7-9-17)27-18(19,20)21/h3-10,14,23H,2,12H2,1H3. The van der Waals surface area contributed by atoms with Gasteiger partial charge in [0.1, 0.15) is 17.6 Å². The number of nitrogens with zero attached hydrogens (tertiary/aromatic N) is 1. The minimum Gasteiger partial charge on any atom is -0.476 e. The molecule has 0 aliphatic carbocycles. The molecule has 150 valence electrons. The van der Waals surface area contributed by atoms with Crippen LogP contribution in [0, 0.1) is 11.3 Å². The number of sulfonamides is 1. The van der Waals surface area contributed by atoms with Crippen LogP contribution in [0.3, 0.4) is 0 Å². The number of hydrogen-bond donors (Lipinski definition) is 1. The van der Waals surface area contributed by atoms with E-state index in [9.17, 15) is 21.6 Å². The molecule has 6 nitrogen and oxygen atoms in total. The molecule has 0 fully saturated rings. The molecule has 1 N–H and O–H groups in total. The Balaban J connectivity index is 2.04. The van der Waals surface area contributed by atoms with Crippen LogP contribution in [0.1, 0.15) is 18.9 Å². The van der Waals surface area contributed by atoms with Gasteiger partial charge in [0.25, 0.3) is 0 Å². The zero-order valence-electron chi connectivity index (χ0n) is 14.7. The summed E-state index contributed by atoms with van der Waals surface area (Å²) < 4.78 is 72.6. The van der Waals surface area contributed by atoms with Crippen molar-refractivity contribution in [3.8, 4) is 17.6 Å². The van der Waals surface area contributed by atoms with E-state index in [-0.39, 0.29) is 11.4 Å². The van der Waals surface area contributed by atoms with Crippen LogP contribution in [0.2, 0.25) is 0 Å². The number of alkyl halides is 3. The van der Waals surface area contributed by atoms with Crippen LogP contribution in [-0.4, -0.2) is 20.9 Å². The second kappa shape index (κ2) is 8.95. The van der Waals surface area contributed by atoms with Crippen LogP contribution in [0.25, 0.3) is 0 Å². The quantitative estimate of drug-likeness (QED) is 0.711. The zero-order chi connectivity index (χ0) is 20.8. The van der Waals surface area contributed by atoms with Gasteiger partial charge in [-0.1, -0.05) is 19.1 Å². The molecule has 10 heteroatoms. The van der Waals surface area contributed by atoms with E-state index >= 15 is 0 Å².